The maximum atomic E-state index is 2.30. The van der Waals surface area contributed by atoms with Gasteiger partial charge < -0.3 is 0 Å². The summed E-state index contributed by atoms with van der Waals surface area (Å²) in [5, 5.41) is 0. The van der Waals surface area contributed by atoms with Crippen LogP contribution >= 0.6 is 0 Å². The summed E-state index contributed by atoms with van der Waals surface area (Å²) in [4.78, 5) is 0. The molecule has 0 aliphatic rings. The quantitative estimate of drug-likeness (QED) is 0.637. The zero-order chi connectivity index (χ0) is 14.0. The summed E-state index contributed by atoms with van der Waals surface area (Å²) in [6, 6.07) is 15.6. The Morgan fingerprint density at radius 3 is 1.74 bits per heavy atom. The van der Waals surface area contributed by atoms with E-state index in [2.05, 4.69) is 77.1 Å². The fraction of sp³-hybridized carbons (Fsp3) is 0.368. The van der Waals surface area contributed by atoms with Crippen LogP contribution in [0.5, 0.6) is 0 Å². The van der Waals surface area contributed by atoms with Gasteiger partial charge >= 0.3 is 0 Å². The van der Waals surface area contributed by atoms with Crippen LogP contribution in [0.15, 0.2) is 42.5 Å². The first-order valence-electron chi connectivity index (χ1n) is 7.20. The van der Waals surface area contributed by atoms with E-state index in [1.165, 1.54) is 27.8 Å². The summed E-state index contributed by atoms with van der Waals surface area (Å²) in [5.41, 5.74) is 7.03. The zero-order valence-corrected chi connectivity index (χ0v) is 12.7. The average molecular weight is 252 g/mol. The highest BCUT2D eigenvalue weighted by Gasteiger charge is 2.15. The third kappa shape index (κ3) is 2.89. The molecule has 0 aliphatic heterocycles. The second kappa shape index (κ2) is 5.61. The third-order valence-corrected chi connectivity index (χ3v) is 3.68. The van der Waals surface area contributed by atoms with Gasteiger partial charge in [-0.25, -0.2) is 0 Å². The summed E-state index contributed by atoms with van der Waals surface area (Å²) < 4.78 is 0. The highest BCUT2D eigenvalue weighted by molar-refractivity contribution is 5.73. The standard InChI is InChI=1S/C19H24/c1-13(2)17-10-7-11-18(14(3)4)19(17)16-9-6-8-15(5)12-16/h6-14H,1-5H3. The lowest BCUT2D eigenvalue weighted by Gasteiger charge is -2.20. The summed E-state index contributed by atoms with van der Waals surface area (Å²) in [5.74, 6) is 1.10. The van der Waals surface area contributed by atoms with Gasteiger partial charge in [0.05, 0.1) is 0 Å². The Bertz CT molecular complexity index is 536. The first kappa shape index (κ1) is 13.9. The van der Waals surface area contributed by atoms with Crippen molar-refractivity contribution in [2.75, 3.05) is 0 Å². The first-order chi connectivity index (χ1) is 9.00. The zero-order valence-electron chi connectivity index (χ0n) is 12.7. The van der Waals surface area contributed by atoms with E-state index < -0.39 is 0 Å². The molecule has 0 unspecified atom stereocenters. The lowest BCUT2D eigenvalue weighted by molar-refractivity contribution is 0.838. The van der Waals surface area contributed by atoms with E-state index in [1.807, 2.05) is 0 Å². The van der Waals surface area contributed by atoms with Crippen molar-refractivity contribution in [3.05, 3.63) is 59.2 Å². The molecule has 0 aliphatic carbocycles. The van der Waals surface area contributed by atoms with Crippen LogP contribution in [0.3, 0.4) is 0 Å². The highest BCUT2D eigenvalue weighted by atomic mass is 14.2. The van der Waals surface area contributed by atoms with Crippen LogP contribution in [0.1, 0.15) is 56.2 Å². The van der Waals surface area contributed by atoms with Crippen molar-refractivity contribution in [3.8, 4) is 11.1 Å². The second-order valence-electron chi connectivity index (χ2n) is 5.99. The number of hydrogen-bond donors (Lipinski definition) is 0. The van der Waals surface area contributed by atoms with E-state index >= 15 is 0 Å². The van der Waals surface area contributed by atoms with Crippen molar-refractivity contribution >= 4 is 0 Å². The molecule has 19 heavy (non-hydrogen) atoms. The molecular weight excluding hydrogens is 228 g/mol. The molecular formula is C19H24. The van der Waals surface area contributed by atoms with Crippen LogP contribution in [-0.4, -0.2) is 0 Å². The van der Waals surface area contributed by atoms with Crippen molar-refractivity contribution in [2.45, 2.75) is 46.5 Å². The second-order valence-corrected chi connectivity index (χ2v) is 5.99. The molecule has 2 rings (SSSR count). The molecule has 0 spiro atoms. The van der Waals surface area contributed by atoms with Crippen molar-refractivity contribution in [1.82, 2.24) is 0 Å². The highest BCUT2D eigenvalue weighted by Crippen LogP contribution is 2.36. The molecule has 0 nitrogen and oxygen atoms in total. The molecule has 0 saturated heterocycles. The molecule has 100 valence electrons. The minimum absolute atomic E-state index is 0.550. The molecule has 0 heterocycles. The van der Waals surface area contributed by atoms with E-state index in [-0.39, 0.29) is 0 Å². The van der Waals surface area contributed by atoms with Gasteiger partial charge in [0.1, 0.15) is 0 Å². The molecule has 0 N–H and O–H groups in total. The normalized spacial score (nSPS) is 11.3. The molecule has 0 saturated carbocycles. The van der Waals surface area contributed by atoms with Crippen LogP contribution < -0.4 is 0 Å². The fourth-order valence-electron chi connectivity index (χ4n) is 2.68. The largest absolute Gasteiger partial charge is 0.0617 e. The van der Waals surface area contributed by atoms with Gasteiger partial charge in [-0.3, -0.25) is 0 Å². The van der Waals surface area contributed by atoms with Crippen LogP contribution in [0.25, 0.3) is 11.1 Å². The van der Waals surface area contributed by atoms with E-state index in [9.17, 15) is 0 Å². The maximum Gasteiger partial charge on any atom is -0.0114 e. The van der Waals surface area contributed by atoms with Crippen LogP contribution in [0.4, 0.5) is 0 Å². The summed E-state index contributed by atoms with van der Waals surface area (Å²) in [7, 11) is 0. The van der Waals surface area contributed by atoms with Crippen LogP contribution in [0, 0.1) is 6.92 Å². The lowest BCUT2D eigenvalue weighted by Crippen LogP contribution is -1.99. The molecule has 0 aromatic heterocycles. The Hall–Kier alpha value is -1.56. The number of benzene rings is 2. The smallest absolute Gasteiger partial charge is 0.0114 e. The van der Waals surface area contributed by atoms with Gasteiger partial charge in [-0.2, -0.15) is 0 Å². The number of hydrogen-bond acceptors (Lipinski definition) is 0. The Morgan fingerprint density at radius 2 is 1.26 bits per heavy atom. The van der Waals surface area contributed by atoms with E-state index in [4.69, 9.17) is 0 Å². The van der Waals surface area contributed by atoms with E-state index in [1.54, 1.807) is 0 Å². The van der Waals surface area contributed by atoms with Gasteiger partial charge in [-0.05, 0) is 41.0 Å². The number of rotatable bonds is 3. The van der Waals surface area contributed by atoms with Crippen molar-refractivity contribution in [3.63, 3.8) is 0 Å². The van der Waals surface area contributed by atoms with E-state index in [0.717, 1.165) is 0 Å². The Labute approximate surface area is 117 Å². The summed E-state index contributed by atoms with van der Waals surface area (Å²) >= 11 is 0. The summed E-state index contributed by atoms with van der Waals surface area (Å²) in [6.45, 7) is 11.3. The molecule has 0 heteroatoms. The van der Waals surface area contributed by atoms with Gasteiger partial charge in [-0.15, -0.1) is 0 Å². The van der Waals surface area contributed by atoms with Crippen LogP contribution in [-0.2, 0) is 0 Å². The van der Waals surface area contributed by atoms with Gasteiger partial charge in [0, 0.05) is 0 Å². The SMILES string of the molecule is Cc1cccc(-c2c(C(C)C)cccc2C(C)C)c1. The van der Waals surface area contributed by atoms with Gasteiger partial charge in [-0.1, -0.05) is 75.7 Å². The molecule has 2 aromatic rings. The van der Waals surface area contributed by atoms with Crippen LogP contribution in [0.2, 0.25) is 0 Å². The molecule has 0 bridgehead atoms. The Balaban J connectivity index is 2.71. The van der Waals surface area contributed by atoms with Gasteiger partial charge in [0.2, 0.25) is 0 Å². The summed E-state index contributed by atoms with van der Waals surface area (Å²) in [6.07, 6.45) is 0. The van der Waals surface area contributed by atoms with E-state index in [0.29, 0.717) is 11.8 Å². The first-order valence-corrected chi connectivity index (χ1v) is 7.20. The minimum Gasteiger partial charge on any atom is -0.0617 e. The Kier molecular flexibility index (Phi) is 4.09. The Morgan fingerprint density at radius 1 is 0.737 bits per heavy atom. The predicted molar refractivity (Wildman–Crippen MR) is 84.8 cm³/mol. The molecule has 0 fully saturated rings. The monoisotopic (exact) mass is 252 g/mol. The minimum atomic E-state index is 0.550. The molecule has 0 radical (unpaired) electrons. The predicted octanol–water partition coefficient (Wildman–Crippen LogP) is 5.91. The maximum absolute atomic E-state index is 2.30. The van der Waals surface area contributed by atoms with Crippen molar-refractivity contribution in [2.24, 2.45) is 0 Å². The molecule has 0 atom stereocenters. The molecule has 2 aromatic carbocycles. The van der Waals surface area contributed by atoms with Crippen molar-refractivity contribution in [1.29, 1.82) is 0 Å². The average Bonchev–Trinajstić information content (AvgIpc) is 2.37. The topological polar surface area (TPSA) is 0 Å². The third-order valence-electron chi connectivity index (χ3n) is 3.68. The molecule has 0 amide bonds. The fourth-order valence-corrected chi connectivity index (χ4v) is 2.68. The lowest BCUT2D eigenvalue weighted by atomic mass is 9.85. The van der Waals surface area contributed by atoms with Crippen molar-refractivity contribution < 1.29 is 0 Å². The van der Waals surface area contributed by atoms with Gasteiger partial charge in [0.15, 0.2) is 0 Å². The van der Waals surface area contributed by atoms with Gasteiger partial charge in [0.25, 0.3) is 0 Å². The number of aryl methyl sites for hydroxylation is 1.